The minimum Gasteiger partial charge on any atom is -0.459 e. The van der Waals surface area contributed by atoms with Gasteiger partial charge in [0.05, 0.1) is 11.9 Å². The molecule has 2 unspecified atom stereocenters. The molecule has 0 amide bonds. The number of hydrogen-bond acceptors (Lipinski definition) is 8. The van der Waals surface area contributed by atoms with E-state index in [0.717, 1.165) is 24.1 Å². The largest absolute Gasteiger partial charge is 0.459 e. The van der Waals surface area contributed by atoms with Gasteiger partial charge in [-0.2, -0.15) is 0 Å². The van der Waals surface area contributed by atoms with E-state index in [0.29, 0.717) is 18.7 Å². The molecule has 3 aromatic rings. The fourth-order valence-corrected chi connectivity index (χ4v) is 4.25. The van der Waals surface area contributed by atoms with Crippen molar-refractivity contribution in [3.05, 3.63) is 71.4 Å². The van der Waals surface area contributed by atoms with Gasteiger partial charge in [-0.3, -0.25) is 4.79 Å². The van der Waals surface area contributed by atoms with Crippen LogP contribution in [0.25, 0.3) is 11.3 Å². The zero-order valence-corrected chi connectivity index (χ0v) is 21.9. The van der Waals surface area contributed by atoms with Crippen molar-refractivity contribution in [1.82, 2.24) is 20.6 Å². The Morgan fingerprint density at radius 3 is 2.53 bits per heavy atom. The first-order chi connectivity index (χ1) is 18.1. The van der Waals surface area contributed by atoms with Gasteiger partial charge in [-0.1, -0.05) is 30.3 Å². The minimum absolute atomic E-state index is 0.0953. The van der Waals surface area contributed by atoms with Crippen LogP contribution in [0.15, 0.2) is 48.7 Å². The lowest BCUT2D eigenvalue weighted by Gasteiger charge is -2.31. The van der Waals surface area contributed by atoms with Crippen LogP contribution in [0.1, 0.15) is 44.7 Å². The van der Waals surface area contributed by atoms with Crippen molar-refractivity contribution in [1.29, 1.82) is 0 Å². The van der Waals surface area contributed by atoms with E-state index in [9.17, 15) is 13.6 Å². The van der Waals surface area contributed by atoms with Crippen LogP contribution in [0.2, 0.25) is 0 Å². The van der Waals surface area contributed by atoms with Gasteiger partial charge in [-0.25, -0.2) is 18.7 Å². The van der Waals surface area contributed by atoms with E-state index < -0.39 is 17.2 Å². The first-order valence-corrected chi connectivity index (χ1v) is 12.7. The lowest BCUT2D eigenvalue weighted by molar-refractivity contribution is -0.158. The fraction of sp³-hybridized carbons (Fsp3) is 0.393. The zero-order chi connectivity index (χ0) is 27.3. The SMILES string of the molecule is CC(C)(C)OC(=O)C1CC(NCc2ccc(-c3cnc(N)c(NCc4c(F)cccc4F)n3)cc2)CCN1. The standard InChI is InChI=1S/C28H34F2N6O2/c1-28(2,3)38-27(37)23-13-19(11-12-32-23)33-14-17-7-9-18(10-8-17)24-16-34-25(31)26(36-24)35-15-20-21(29)5-4-6-22(20)30/h4-10,16,19,23,32-33H,11-15H2,1-3H3,(H2,31,34)(H,35,36). The number of nitrogen functional groups attached to an aromatic ring is 1. The lowest BCUT2D eigenvalue weighted by Crippen LogP contribution is -2.51. The third-order valence-electron chi connectivity index (χ3n) is 6.23. The highest BCUT2D eigenvalue weighted by atomic mass is 19.1. The molecule has 2 aromatic carbocycles. The fourth-order valence-electron chi connectivity index (χ4n) is 4.25. The summed E-state index contributed by atoms with van der Waals surface area (Å²) in [6, 6.07) is 11.5. The van der Waals surface area contributed by atoms with Crippen molar-refractivity contribution in [2.24, 2.45) is 0 Å². The summed E-state index contributed by atoms with van der Waals surface area (Å²) in [6.45, 7) is 6.89. The number of halogens is 2. The van der Waals surface area contributed by atoms with Crippen molar-refractivity contribution in [2.45, 2.75) is 64.4 Å². The van der Waals surface area contributed by atoms with Crippen LogP contribution in [0.4, 0.5) is 20.4 Å². The molecule has 1 aliphatic heterocycles. The first-order valence-electron chi connectivity index (χ1n) is 12.7. The van der Waals surface area contributed by atoms with E-state index >= 15 is 0 Å². The zero-order valence-electron chi connectivity index (χ0n) is 21.9. The third-order valence-corrected chi connectivity index (χ3v) is 6.23. The maximum atomic E-state index is 14.0. The van der Waals surface area contributed by atoms with Crippen molar-refractivity contribution < 1.29 is 18.3 Å². The summed E-state index contributed by atoms with van der Waals surface area (Å²) in [7, 11) is 0. The molecule has 0 aliphatic carbocycles. The van der Waals surface area contributed by atoms with E-state index in [1.54, 1.807) is 6.20 Å². The highest BCUT2D eigenvalue weighted by Crippen LogP contribution is 2.23. The Hall–Kier alpha value is -3.63. The van der Waals surface area contributed by atoms with Crippen molar-refractivity contribution in [3.63, 3.8) is 0 Å². The van der Waals surface area contributed by atoms with Gasteiger partial charge in [0.1, 0.15) is 23.3 Å². The number of nitrogens with two attached hydrogens (primary N) is 1. The number of carbonyl (C=O) groups is 1. The van der Waals surface area contributed by atoms with Crippen molar-refractivity contribution in [3.8, 4) is 11.3 Å². The molecule has 1 saturated heterocycles. The molecule has 5 N–H and O–H groups in total. The Labute approximate surface area is 221 Å². The minimum atomic E-state index is -0.644. The number of carbonyl (C=O) groups excluding carboxylic acids is 1. The number of nitrogens with one attached hydrogen (secondary N) is 3. The van der Waals surface area contributed by atoms with Gasteiger partial charge in [0, 0.05) is 30.3 Å². The molecule has 1 aliphatic rings. The Bertz CT molecular complexity index is 1240. The third kappa shape index (κ3) is 7.23. The van der Waals surface area contributed by atoms with E-state index in [4.69, 9.17) is 10.5 Å². The molecular weight excluding hydrogens is 490 g/mol. The highest BCUT2D eigenvalue weighted by molar-refractivity contribution is 5.76. The molecular formula is C28H34F2N6O2. The monoisotopic (exact) mass is 524 g/mol. The molecule has 8 nitrogen and oxygen atoms in total. The molecule has 2 heterocycles. The molecule has 10 heteroatoms. The summed E-state index contributed by atoms with van der Waals surface area (Å²) in [5.74, 6) is -1.12. The van der Waals surface area contributed by atoms with Crippen LogP contribution >= 0.6 is 0 Å². The molecule has 1 fully saturated rings. The quantitative estimate of drug-likeness (QED) is 0.325. The number of benzene rings is 2. The number of esters is 1. The molecule has 202 valence electrons. The number of piperidine rings is 1. The summed E-state index contributed by atoms with van der Waals surface area (Å²) in [6.07, 6.45) is 3.15. The second-order valence-electron chi connectivity index (χ2n) is 10.4. The molecule has 4 rings (SSSR count). The molecule has 38 heavy (non-hydrogen) atoms. The molecule has 0 saturated carbocycles. The van der Waals surface area contributed by atoms with Gasteiger partial charge < -0.3 is 26.4 Å². The topological polar surface area (TPSA) is 114 Å². The van der Waals surface area contributed by atoms with Crippen LogP contribution in [0.3, 0.4) is 0 Å². The Morgan fingerprint density at radius 2 is 1.84 bits per heavy atom. The predicted molar refractivity (Wildman–Crippen MR) is 143 cm³/mol. The van der Waals surface area contributed by atoms with E-state index in [2.05, 4.69) is 25.9 Å². The first kappa shape index (κ1) is 27.4. The molecule has 0 bridgehead atoms. The highest BCUT2D eigenvalue weighted by Gasteiger charge is 2.30. The lowest BCUT2D eigenvalue weighted by atomic mass is 9.98. The van der Waals surface area contributed by atoms with Crippen molar-refractivity contribution in [2.75, 3.05) is 17.6 Å². The maximum absolute atomic E-state index is 14.0. The predicted octanol–water partition coefficient (Wildman–Crippen LogP) is 4.17. The number of rotatable bonds is 8. The normalized spacial score (nSPS) is 17.7. The smallest absolute Gasteiger partial charge is 0.323 e. The van der Waals surface area contributed by atoms with Gasteiger partial charge in [-0.05, 0) is 57.9 Å². The Kier molecular flexibility index (Phi) is 8.53. The Balaban J connectivity index is 1.35. The summed E-state index contributed by atoms with van der Waals surface area (Å²) in [4.78, 5) is 21.1. The number of aromatic nitrogens is 2. The molecule has 0 radical (unpaired) electrons. The van der Waals surface area contributed by atoms with Gasteiger partial charge in [0.2, 0.25) is 0 Å². The average Bonchev–Trinajstić information content (AvgIpc) is 2.88. The summed E-state index contributed by atoms with van der Waals surface area (Å²) >= 11 is 0. The summed E-state index contributed by atoms with van der Waals surface area (Å²) in [5.41, 5.74) is 7.82. The van der Waals surface area contributed by atoms with Crippen LogP contribution in [-0.2, 0) is 22.6 Å². The number of anilines is 2. The Morgan fingerprint density at radius 1 is 1.13 bits per heavy atom. The van der Waals surface area contributed by atoms with Crippen molar-refractivity contribution >= 4 is 17.6 Å². The maximum Gasteiger partial charge on any atom is 0.323 e. The summed E-state index contributed by atoms with van der Waals surface area (Å²) in [5, 5.41) is 9.67. The van der Waals surface area contributed by atoms with E-state index in [-0.39, 0.29) is 41.8 Å². The molecule has 2 atom stereocenters. The van der Waals surface area contributed by atoms with Crippen LogP contribution in [-0.4, -0.2) is 40.2 Å². The van der Waals surface area contributed by atoms with Crippen LogP contribution in [0.5, 0.6) is 0 Å². The summed E-state index contributed by atoms with van der Waals surface area (Å²) < 4.78 is 33.4. The van der Waals surface area contributed by atoms with Gasteiger partial charge >= 0.3 is 5.97 Å². The average molecular weight is 525 g/mol. The molecule has 0 spiro atoms. The van der Waals surface area contributed by atoms with Crippen LogP contribution in [0, 0.1) is 11.6 Å². The van der Waals surface area contributed by atoms with E-state index in [1.165, 1.54) is 18.2 Å². The van der Waals surface area contributed by atoms with Gasteiger partial charge in [0.25, 0.3) is 0 Å². The van der Waals surface area contributed by atoms with Gasteiger partial charge in [0.15, 0.2) is 11.6 Å². The number of ether oxygens (including phenoxy) is 1. The molecule has 1 aromatic heterocycles. The second kappa shape index (κ2) is 11.8. The second-order valence-corrected chi connectivity index (χ2v) is 10.4. The van der Waals surface area contributed by atoms with E-state index in [1.807, 2.05) is 45.0 Å². The van der Waals surface area contributed by atoms with Gasteiger partial charge in [-0.15, -0.1) is 0 Å². The number of hydrogen-bond donors (Lipinski definition) is 4. The van der Waals surface area contributed by atoms with Crippen LogP contribution < -0.4 is 21.7 Å². The number of nitrogens with zero attached hydrogens (tertiary/aromatic N) is 2.